The predicted molar refractivity (Wildman–Crippen MR) is 73.7 cm³/mol. The van der Waals surface area contributed by atoms with Gasteiger partial charge in [-0.25, -0.2) is 8.78 Å². The first-order valence-electron chi connectivity index (χ1n) is 6.00. The molecule has 0 spiro atoms. The summed E-state index contributed by atoms with van der Waals surface area (Å²) < 4.78 is 27.2. The van der Waals surface area contributed by atoms with Gasteiger partial charge in [0.2, 0.25) is 0 Å². The number of halogens is 3. The van der Waals surface area contributed by atoms with Gasteiger partial charge in [-0.15, -0.1) is 0 Å². The van der Waals surface area contributed by atoms with Crippen LogP contribution in [0.15, 0.2) is 42.5 Å². The van der Waals surface area contributed by atoms with E-state index in [1.807, 2.05) is 0 Å². The zero-order valence-electron chi connectivity index (χ0n) is 10.7. The minimum atomic E-state index is -0.712. The van der Waals surface area contributed by atoms with Crippen molar-refractivity contribution in [3.63, 3.8) is 0 Å². The summed E-state index contributed by atoms with van der Waals surface area (Å²) in [4.78, 5) is 12.0. The molecular formula is C15H12ClF2NO. The minimum absolute atomic E-state index is 0.0169. The summed E-state index contributed by atoms with van der Waals surface area (Å²) in [5.74, 6) is -1.82. The molecule has 104 valence electrons. The Morgan fingerprint density at radius 3 is 2.40 bits per heavy atom. The molecule has 1 amide bonds. The van der Waals surface area contributed by atoms with Crippen LogP contribution in [0.25, 0.3) is 0 Å². The zero-order chi connectivity index (χ0) is 14.7. The van der Waals surface area contributed by atoms with Gasteiger partial charge in [0.15, 0.2) is 0 Å². The summed E-state index contributed by atoms with van der Waals surface area (Å²) in [5.41, 5.74) is 0.0886. The summed E-state index contributed by atoms with van der Waals surface area (Å²) >= 11 is 5.81. The molecule has 2 aromatic rings. The molecule has 5 heteroatoms. The maximum Gasteiger partial charge on any atom is 0.256 e. The molecule has 2 nitrogen and oxygen atoms in total. The number of hydrogen-bond donors (Lipinski definition) is 1. The second-order valence-corrected chi connectivity index (χ2v) is 4.72. The lowest BCUT2D eigenvalue weighted by Crippen LogP contribution is -2.28. The van der Waals surface area contributed by atoms with Crippen molar-refractivity contribution in [3.8, 4) is 0 Å². The molecule has 0 saturated heterocycles. The van der Waals surface area contributed by atoms with Crippen molar-refractivity contribution in [2.45, 2.75) is 13.0 Å². The van der Waals surface area contributed by atoms with Crippen LogP contribution in [0.1, 0.15) is 28.9 Å². The molecule has 20 heavy (non-hydrogen) atoms. The molecule has 2 rings (SSSR count). The molecule has 0 aliphatic carbocycles. The van der Waals surface area contributed by atoms with Crippen LogP contribution in [0.3, 0.4) is 0 Å². The summed E-state index contributed by atoms with van der Waals surface area (Å²) in [5, 5.41) is 2.55. The van der Waals surface area contributed by atoms with Gasteiger partial charge in [0.1, 0.15) is 11.6 Å². The number of amides is 1. The maximum atomic E-state index is 13.6. The van der Waals surface area contributed by atoms with Gasteiger partial charge in [-0.1, -0.05) is 35.9 Å². The van der Waals surface area contributed by atoms with Crippen molar-refractivity contribution in [1.82, 2.24) is 5.32 Å². The largest absolute Gasteiger partial charge is 0.345 e. The average Bonchev–Trinajstić information content (AvgIpc) is 2.38. The van der Waals surface area contributed by atoms with Crippen LogP contribution < -0.4 is 5.32 Å². The van der Waals surface area contributed by atoms with Gasteiger partial charge in [-0.05, 0) is 25.1 Å². The molecule has 0 radical (unpaired) electrons. The quantitative estimate of drug-likeness (QED) is 0.907. The number of carbonyl (C=O) groups is 1. The molecule has 2 aromatic carbocycles. The highest BCUT2D eigenvalue weighted by Gasteiger charge is 2.19. The Hall–Kier alpha value is -1.94. The lowest BCUT2D eigenvalue weighted by atomic mass is 10.1. The van der Waals surface area contributed by atoms with Crippen LogP contribution in [-0.2, 0) is 0 Å². The number of rotatable bonds is 3. The smallest absolute Gasteiger partial charge is 0.256 e. The van der Waals surface area contributed by atoms with E-state index in [0.717, 1.165) is 6.07 Å². The van der Waals surface area contributed by atoms with Gasteiger partial charge in [0.05, 0.1) is 16.6 Å². The zero-order valence-corrected chi connectivity index (χ0v) is 11.4. The van der Waals surface area contributed by atoms with E-state index in [1.54, 1.807) is 25.1 Å². The van der Waals surface area contributed by atoms with Crippen LogP contribution in [-0.4, -0.2) is 5.91 Å². The molecule has 0 heterocycles. The van der Waals surface area contributed by atoms with E-state index in [9.17, 15) is 13.6 Å². The summed E-state index contributed by atoms with van der Waals surface area (Å²) in [6.45, 7) is 1.62. The fourth-order valence-electron chi connectivity index (χ4n) is 1.89. The van der Waals surface area contributed by atoms with Crippen LogP contribution in [0.4, 0.5) is 8.78 Å². The molecule has 0 aliphatic heterocycles. The second kappa shape index (κ2) is 6.01. The van der Waals surface area contributed by atoms with Gasteiger partial charge < -0.3 is 5.32 Å². The SMILES string of the molecule is CC(NC(=O)c1c(F)cccc1Cl)c1ccccc1F. The van der Waals surface area contributed by atoms with Crippen molar-refractivity contribution >= 4 is 17.5 Å². The number of benzene rings is 2. The average molecular weight is 296 g/mol. The van der Waals surface area contributed by atoms with E-state index in [-0.39, 0.29) is 10.6 Å². The molecule has 1 unspecified atom stereocenters. The Labute approximate surface area is 120 Å². The normalized spacial score (nSPS) is 12.0. The third-order valence-corrected chi connectivity index (χ3v) is 3.22. The summed E-state index contributed by atoms with van der Waals surface area (Å²) in [6.07, 6.45) is 0. The lowest BCUT2D eigenvalue weighted by molar-refractivity contribution is 0.0935. The third kappa shape index (κ3) is 2.96. The first-order chi connectivity index (χ1) is 9.50. The lowest BCUT2D eigenvalue weighted by Gasteiger charge is -2.15. The van der Waals surface area contributed by atoms with Gasteiger partial charge >= 0.3 is 0 Å². The molecule has 0 saturated carbocycles. The highest BCUT2D eigenvalue weighted by molar-refractivity contribution is 6.33. The third-order valence-electron chi connectivity index (χ3n) is 2.91. The fraction of sp³-hybridized carbons (Fsp3) is 0.133. The predicted octanol–water partition coefficient (Wildman–Crippen LogP) is 4.11. The Morgan fingerprint density at radius 1 is 1.10 bits per heavy atom. The minimum Gasteiger partial charge on any atom is -0.345 e. The first kappa shape index (κ1) is 14.5. The van der Waals surface area contributed by atoms with Gasteiger partial charge in [0.25, 0.3) is 5.91 Å². The van der Waals surface area contributed by atoms with Gasteiger partial charge in [0, 0.05) is 5.56 Å². The molecule has 0 aromatic heterocycles. The van der Waals surface area contributed by atoms with Crippen molar-refractivity contribution in [3.05, 3.63) is 70.2 Å². The molecule has 1 N–H and O–H groups in total. The number of hydrogen-bond acceptors (Lipinski definition) is 1. The fourth-order valence-corrected chi connectivity index (χ4v) is 2.14. The molecule has 1 atom stereocenters. The monoisotopic (exact) mass is 295 g/mol. The Kier molecular flexibility index (Phi) is 4.35. The molecular weight excluding hydrogens is 284 g/mol. The van der Waals surface area contributed by atoms with Crippen molar-refractivity contribution in [1.29, 1.82) is 0 Å². The standard InChI is InChI=1S/C15H12ClF2NO/c1-9(10-5-2-3-7-12(10)17)19-15(20)14-11(16)6-4-8-13(14)18/h2-9H,1H3,(H,19,20). The Morgan fingerprint density at radius 2 is 1.75 bits per heavy atom. The van der Waals surface area contributed by atoms with E-state index in [0.29, 0.717) is 5.56 Å². The van der Waals surface area contributed by atoms with Crippen LogP contribution in [0.2, 0.25) is 5.02 Å². The Bertz CT molecular complexity index is 625. The molecule has 0 bridgehead atoms. The molecule has 0 fully saturated rings. The first-order valence-corrected chi connectivity index (χ1v) is 6.38. The number of carbonyl (C=O) groups excluding carboxylic acids is 1. The van der Waals surface area contributed by atoms with Crippen LogP contribution >= 0.6 is 11.6 Å². The van der Waals surface area contributed by atoms with E-state index < -0.39 is 23.6 Å². The van der Waals surface area contributed by atoms with Gasteiger partial charge in [-0.3, -0.25) is 4.79 Å². The highest BCUT2D eigenvalue weighted by Crippen LogP contribution is 2.21. The summed E-state index contributed by atoms with van der Waals surface area (Å²) in [6, 6.07) is 9.46. The summed E-state index contributed by atoms with van der Waals surface area (Å²) in [7, 11) is 0. The topological polar surface area (TPSA) is 29.1 Å². The Balaban J connectivity index is 2.22. The second-order valence-electron chi connectivity index (χ2n) is 4.31. The van der Waals surface area contributed by atoms with Crippen LogP contribution in [0, 0.1) is 11.6 Å². The van der Waals surface area contributed by atoms with Crippen molar-refractivity contribution in [2.24, 2.45) is 0 Å². The van der Waals surface area contributed by atoms with Gasteiger partial charge in [-0.2, -0.15) is 0 Å². The molecule has 0 aliphatic rings. The van der Waals surface area contributed by atoms with Crippen molar-refractivity contribution in [2.75, 3.05) is 0 Å². The van der Waals surface area contributed by atoms with E-state index in [1.165, 1.54) is 18.2 Å². The van der Waals surface area contributed by atoms with Crippen molar-refractivity contribution < 1.29 is 13.6 Å². The highest BCUT2D eigenvalue weighted by atomic mass is 35.5. The van der Waals surface area contributed by atoms with Crippen LogP contribution in [0.5, 0.6) is 0 Å². The van der Waals surface area contributed by atoms with E-state index in [2.05, 4.69) is 5.32 Å². The number of nitrogens with one attached hydrogen (secondary N) is 1. The van der Waals surface area contributed by atoms with E-state index >= 15 is 0 Å². The van der Waals surface area contributed by atoms with E-state index in [4.69, 9.17) is 11.6 Å². The maximum absolute atomic E-state index is 13.6.